The maximum absolute atomic E-state index is 11.8. The average molecular weight is 329 g/mol. The van der Waals surface area contributed by atoms with Crippen LogP contribution in [0.15, 0.2) is 59.5 Å². The predicted molar refractivity (Wildman–Crippen MR) is 91.4 cm³/mol. The van der Waals surface area contributed by atoms with E-state index in [2.05, 4.69) is 10.1 Å². The molecule has 2 rings (SSSR count). The highest BCUT2D eigenvalue weighted by Gasteiger charge is 2.05. The summed E-state index contributed by atoms with van der Waals surface area (Å²) in [5, 5.41) is 2.88. The number of thioether (sulfide) groups is 1. The zero-order valence-electron chi connectivity index (χ0n) is 13.0. The molecule has 120 valence electrons. The molecule has 0 aliphatic rings. The van der Waals surface area contributed by atoms with Gasteiger partial charge in [-0.1, -0.05) is 30.3 Å². The maximum Gasteiger partial charge on any atom is 0.337 e. The summed E-state index contributed by atoms with van der Waals surface area (Å²) < 4.78 is 4.64. The first-order valence-electron chi connectivity index (χ1n) is 7.31. The monoisotopic (exact) mass is 329 g/mol. The van der Waals surface area contributed by atoms with Crippen LogP contribution >= 0.6 is 11.8 Å². The van der Waals surface area contributed by atoms with Crippen molar-refractivity contribution in [3.8, 4) is 0 Å². The Labute approximate surface area is 140 Å². The molecular formula is C18H19NO3S. The molecule has 0 bridgehead atoms. The van der Waals surface area contributed by atoms with E-state index in [9.17, 15) is 9.59 Å². The molecule has 0 spiro atoms. The van der Waals surface area contributed by atoms with Gasteiger partial charge >= 0.3 is 5.97 Å². The van der Waals surface area contributed by atoms with Crippen molar-refractivity contribution in [3.63, 3.8) is 0 Å². The number of carbonyl (C=O) groups is 2. The van der Waals surface area contributed by atoms with Crippen LogP contribution in [0.4, 0.5) is 0 Å². The van der Waals surface area contributed by atoms with Gasteiger partial charge in [-0.05, 0) is 29.8 Å². The van der Waals surface area contributed by atoms with Gasteiger partial charge in [-0.15, -0.1) is 11.8 Å². The number of ether oxygens (including phenoxy) is 1. The number of hydrogen-bond donors (Lipinski definition) is 1. The van der Waals surface area contributed by atoms with Gasteiger partial charge in [-0.25, -0.2) is 4.79 Å². The van der Waals surface area contributed by atoms with E-state index in [-0.39, 0.29) is 11.9 Å². The fourth-order valence-electron chi connectivity index (χ4n) is 1.94. The van der Waals surface area contributed by atoms with Crippen LogP contribution in [0.1, 0.15) is 22.3 Å². The average Bonchev–Trinajstić information content (AvgIpc) is 2.60. The van der Waals surface area contributed by atoms with Crippen molar-refractivity contribution in [2.75, 3.05) is 12.9 Å². The Balaban J connectivity index is 1.70. The second kappa shape index (κ2) is 9.00. The first-order valence-corrected chi connectivity index (χ1v) is 8.29. The molecule has 0 saturated carbocycles. The standard InChI is InChI=1S/C18H19NO3S/c1-22-18(21)15-9-7-14(8-10-15)13-19-17(20)11-12-23-16-5-3-2-4-6-16/h2-10H,11-13H2,1H3,(H,19,20). The highest BCUT2D eigenvalue weighted by molar-refractivity contribution is 7.99. The lowest BCUT2D eigenvalue weighted by Crippen LogP contribution is -2.23. The third-order valence-electron chi connectivity index (χ3n) is 3.21. The van der Waals surface area contributed by atoms with Crippen LogP contribution in [0, 0.1) is 0 Å². The van der Waals surface area contributed by atoms with Crippen LogP contribution < -0.4 is 5.32 Å². The van der Waals surface area contributed by atoms with E-state index in [4.69, 9.17) is 0 Å². The third kappa shape index (κ3) is 5.79. The lowest BCUT2D eigenvalue weighted by Gasteiger charge is -2.06. The Morgan fingerprint density at radius 3 is 2.39 bits per heavy atom. The van der Waals surface area contributed by atoms with Gasteiger partial charge in [0.2, 0.25) is 5.91 Å². The quantitative estimate of drug-likeness (QED) is 0.626. The van der Waals surface area contributed by atoms with E-state index in [1.807, 2.05) is 42.5 Å². The zero-order valence-corrected chi connectivity index (χ0v) is 13.8. The molecule has 5 heteroatoms. The first-order chi connectivity index (χ1) is 11.2. The Kier molecular flexibility index (Phi) is 6.69. The van der Waals surface area contributed by atoms with Crippen molar-refractivity contribution >= 4 is 23.6 Å². The Morgan fingerprint density at radius 1 is 1.04 bits per heavy atom. The summed E-state index contributed by atoms with van der Waals surface area (Å²) in [6.45, 7) is 0.455. The maximum atomic E-state index is 11.8. The lowest BCUT2D eigenvalue weighted by molar-refractivity contribution is -0.120. The predicted octanol–water partition coefficient (Wildman–Crippen LogP) is 3.27. The van der Waals surface area contributed by atoms with Gasteiger partial charge in [0.05, 0.1) is 12.7 Å². The number of rotatable bonds is 7. The number of benzene rings is 2. The minimum Gasteiger partial charge on any atom is -0.465 e. The van der Waals surface area contributed by atoms with Gasteiger partial charge in [0.25, 0.3) is 0 Å². The van der Waals surface area contributed by atoms with Gasteiger partial charge < -0.3 is 10.1 Å². The molecule has 0 aliphatic heterocycles. The van der Waals surface area contributed by atoms with E-state index in [1.165, 1.54) is 12.0 Å². The molecule has 1 amide bonds. The van der Waals surface area contributed by atoms with Crippen LogP contribution in [0.25, 0.3) is 0 Å². The van der Waals surface area contributed by atoms with Gasteiger partial charge in [0.15, 0.2) is 0 Å². The number of nitrogens with one attached hydrogen (secondary N) is 1. The second-order valence-electron chi connectivity index (χ2n) is 4.88. The molecule has 2 aromatic rings. The molecule has 2 aromatic carbocycles. The third-order valence-corrected chi connectivity index (χ3v) is 4.22. The summed E-state index contributed by atoms with van der Waals surface area (Å²) >= 11 is 1.67. The van der Waals surface area contributed by atoms with Crippen LogP contribution in [0.5, 0.6) is 0 Å². The summed E-state index contributed by atoms with van der Waals surface area (Å²) in [5.74, 6) is 0.404. The van der Waals surface area contributed by atoms with Gasteiger partial charge in [-0.3, -0.25) is 4.79 Å². The molecule has 23 heavy (non-hydrogen) atoms. The number of carbonyl (C=O) groups excluding carboxylic acids is 2. The van der Waals surface area contributed by atoms with Crippen molar-refractivity contribution < 1.29 is 14.3 Å². The molecule has 0 radical (unpaired) electrons. The molecule has 0 saturated heterocycles. The van der Waals surface area contributed by atoms with Crippen molar-refractivity contribution in [3.05, 3.63) is 65.7 Å². The Morgan fingerprint density at radius 2 is 1.74 bits per heavy atom. The van der Waals surface area contributed by atoms with Crippen LogP contribution in [0.2, 0.25) is 0 Å². The molecule has 0 atom stereocenters. The summed E-state index contributed by atoms with van der Waals surface area (Å²) in [4.78, 5) is 24.3. The fraction of sp³-hybridized carbons (Fsp3) is 0.222. The van der Waals surface area contributed by atoms with Crippen molar-refractivity contribution in [1.82, 2.24) is 5.32 Å². The molecular weight excluding hydrogens is 310 g/mol. The van der Waals surface area contributed by atoms with Crippen LogP contribution in [-0.4, -0.2) is 24.7 Å². The number of methoxy groups -OCH3 is 1. The van der Waals surface area contributed by atoms with Crippen molar-refractivity contribution in [1.29, 1.82) is 0 Å². The number of esters is 1. The molecule has 1 N–H and O–H groups in total. The van der Waals surface area contributed by atoms with Crippen LogP contribution in [-0.2, 0) is 16.1 Å². The molecule has 0 aliphatic carbocycles. The summed E-state index contributed by atoms with van der Waals surface area (Å²) in [7, 11) is 1.35. The van der Waals surface area contributed by atoms with E-state index < -0.39 is 0 Å². The van der Waals surface area contributed by atoms with Crippen LogP contribution in [0.3, 0.4) is 0 Å². The molecule has 4 nitrogen and oxygen atoms in total. The van der Waals surface area contributed by atoms with E-state index in [1.54, 1.807) is 23.9 Å². The Hall–Kier alpha value is -2.27. The molecule has 0 unspecified atom stereocenters. The fourth-order valence-corrected chi connectivity index (χ4v) is 2.82. The van der Waals surface area contributed by atoms with Gasteiger partial charge in [0.1, 0.15) is 0 Å². The number of hydrogen-bond acceptors (Lipinski definition) is 4. The van der Waals surface area contributed by atoms with Crippen molar-refractivity contribution in [2.24, 2.45) is 0 Å². The number of amides is 1. The van der Waals surface area contributed by atoms with E-state index in [0.717, 1.165) is 11.3 Å². The molecule has 0 fully saturated rings. The summed E-state index contributed by atoms with van der Waals surface area (Å²) in [5.41, 5.74) is 1.45. The highest BCUT2D eigenvalue weighted by atomic mass is 32.2. The minimum absolute atomic E-state index is 0.0190. The van der Waals surface area contributed by atoms with E-state index >= 15 is 0 Å². The Bertz CT molecular complexity index is 641. The van der Waals surface area contributed by atoms with Gasteiger partial charge in [-0.2, -0.15) is 0 Å². The second-order valence-corrected chi connectivity index (χ2v) is 6.05. The SMILES string of the molecule is COC(=O)c1ccc(CNC(=O)CCSc2ccccc2)cc1. The first kappa shape index (κ1) is 17.1. The zero-order chi connectivity index (χ0) is 16.5. The molecule has 0 heterocycles. The van der Waals surface area contributed by atoms with E-state index in [0.29, 0.717) is 18.5 Å². The minimum atomic E-state index is -0.362. The van der Waals surface area contributed by atoms with Crippen molar-refractivity contribution in [2.45, 2.75) is 17.9 Å². The lowest BCUT2D eigenvalue weighted by atomic mass is 10.1. The summed E-state index contributed by atoms with van der Waals surface area (Å²) in [6, 6.07) is 17.0. The highest BCUT2D eigenvalue weighted by Crippen LogP contribution is 2.17. The topological polar surface area (TPSA) is 55.4 Å². The molecule has 0 aromatic heterocycles. The largest absolute Gasteiger partial charge is 0.465 e. The van der Waals surface area contributed by atoms with Gasteiger partial charge in [0, 0.05) is 23.6 Å². The normalized spacial score (nSPS) is 10.1. The smallest absolute Gasteiger partial charge is 0.337 e. The summed E-state index contributed by atoms with van der Waals surface area (Å²) in [6.07, 6.45) is 0.472.